The molecule has 2 N–H and O–H groups in total. The first kappa shape index (κ1) is 17.8. The number of nitrogens with one attached hydrogen (secondary N) is 1. The van der Waals surface area contributed by atoms with Crippen molar-refractivity contribution in [1.29, 1.82) is 0 Å². The van der Waals surface area contributed by atoms with Crippen LogP contribution in [-0.2, 0) is 4.79 Å². The lowest BCUT2D eigenvalue weighted by atomic mass is 9.81. The Hall–Kier alpha value is -1.26. The van der Waals surface area contributed by atoms with Crippen LogP contribution in [0.4, 0.5) is 4.79 Å². The van der Waals surface area contributed by atoms with E-state index < -0.39 is 5.97 Å². The van der Waals surface area contributed by atoms with Crippen LogP contribution in [0.2, 0.25) is 0 Å². The lowest BCUT2D eigenvalue weighted by Crippen LogP contribution is -2.45. The second-order valence-corrected chi connectivity index (χ2v) is 6.81. The summed E-state index contributed by atoms with van der Waals surface area (Å²) in [6.07, 6.45) is 6.08. The smallest absolute Gasteiger partial charge is 0.323 e. The van der Waals surface area contributed by atoms with Crippen LogP contribution in [0.3, 0.4) is 0 Å². The Labute approximate surface area is 128 Å². The summed E-state index contributed by atoms with van der Waals surface area (Å²) in [7, 11) is 0. The average Bonchev–Trinajstić information content (AvgIpc) is 2.39. The quantitative estimate of drug-likeness (QED) is 0.759. The summed E-state index contributed by atoms with van der Waals surface area (Å²) >= 11 is 0. The van der Waals surface area contributed by atoms with Crippen molar-refractivity contribution in [2.75, 3.05) is 19.6 Å². The van der Waals surface area contributed by atoms with E-state index in [1.165, 1.54) is 30.6 Å². The molecule has 0 heterocycles. The molecule has 5 heteroatoms. The first-order chi connectivity index (χ1) is 9.88. The van der Waals surface area contributed by atoms with Crippen LogP contribution in [0.15, 0.2) is 0 Å². The van der Waals surface area contributed by atoms with Gasteiger partial charge in [0, 0.05) is 13.1 Å². The van der Waals surface area contributed by atoms with E-state index in [-0.39, 0.29) is 18.5 Å². The fraction of sp³-hybridized carbons (Fsp3) is 0.875. The van der Waals surface area contributed by atoms with Crippen molar-refractivity contribution in [2.24, 2.45) is 17.8 Å². The minimum Gasteiger partial charge on any atom is -0.480 e. The van der Waals surface area contributed by atoms with Gasteiger partial charge in [0.25, 0.3) is 0 Å². The van der Waals surface area contributed by atoms with Crippen molar-refractivity contribution in [3.8, 4) is 0 Å². The second kappa shape index (κ2) is 8.90. The van der Waals surface area contributed by atoms with Gasteiger partial charge in [0.2, 0.25) is 0 Å². The topological polar surface area (TPSA) is 69.6 Å². The van der Waals surface area contributed by atoms with E-state index in [9.17, 15) is 9.59 Å². The highest BCUT2D eigenvalue weighted by molar-refractivity contribution is 5.80. The van der Waals surface area contributed by atoms with Crippen LogP contribution in [0.5, 0.6) is 0 Å². The minimum absolute atomic E-state index is 0.231. The van der Waals surface area contributed by atoms with Crippen molar-refractivity contribution in [3.63, 3.8) is 0 Å². The summed E-state index contributed by atoms with van der Waals surface area (Å²) in [5.74, 6) is 0.842. The van der Waals surface area contributed by atoms with Crippen LogP contribution in [0.1, 0.15) is 52.9 Å². The molecule has 1 rings (SSSR count). The number of carboxylic acids is 1. The molecule has 0 aromatic carbocycles. The van der Waals surface area contributed by atoms with Gasteiger partial charge in [-0.1, -0.05) is 46.5 Å². The predicted molar refractivity (Wildman–Crippen MR) is 83.2 cm³/mol. The fourth-order valence-corrected chi connectivity index (χ4v) is 2.94. The first-order valence-corrected chi connectivity index (χ1v) is 8.13. The van der Waals surface area contributed by atoms with E-state index in [0.717, 1.165) is 12.3 Å². The van der Waals surface area contributed by atoms with Gasteiger partial charge in [-0.15, -0.1) is 0 Å². The standard InChI is InChI=1S/C16H30N2O3/c1-12(2)10-18(11-15(19)20)16(21)17-9-8-14-6-4-13(3)5-7-14/h12-14H,4-11H2,1-3H3,(H,17,21)(H,19,20). The van der Waals surface area contributed by atoms with E-state index in [2.05, 4.69) is 12.2 Å². The molecule has 0 unspecified atom stereocenters. The number of nitrogens with zero attached hydrogens (tertiary/aromatic N) is 1. The van der Waals surface area contributed by atoms with Crippen LogP contribution >= 0.6 is 0 Å². The summed E-state index contributed by atoms with van der Waals surface area (Å²) in [6.45, 7) is 7.14. The lowest BCUT2D eigenvalue weighted by Gasteiger charge is -2.27. The molecule has 21 heavy (non-hydrogen) atoms. The molecule has 2 amide bonds. The Morgan fingerprint density at radius 2 is 1.86 bits per heavy atom. The number of rotatable bonds is 7. The van der Waals surface area contributed by atoms with Gasteiger partial charge in [-0.05, 0) is 24.2 Å². The zero-order valence-electron chi connectivity index (χ0n) is 13.6. The number of carbonyl (C=O) groups is 2. The summed E-state index contributed by atoms with van der Waals surface area (Å²) in [5.41, 5.74) is 0. The van der Waals surface area contributed by atoms with Gasteiger partial charge in [0.05, 0.1) is 0 Å². The fourth-order valence-electron chi connectivity index (χ4n) is 2.94. The van der Waals surface area contributed by atoms with Crippen LogP contribution in [0, 0.1) is 17.8 Å². The Bertz CT molecular complexity index is 336. The van der Waals surface area contributed by atoms with Gasteiger partial charge in [0.1, 0.15) is 6.54 Å². The predicted octanol–water partition coefficient (Wildman–Crippen LogP) is 2.96. The van der Waals surface area contributed by atoms with Crippen LogP contribution in [-0.4, -0.2) is 41.6 Å². The molecule has 1 aliphatic carbocycles. The summed E-state index contributed by atoms with van der Waals surface area (Å²) in [5, 5.41) is 11.8. The summed E-state index contributed by atoms with van der Waals surface area (Å²) in [4.78, 5) is 24.3. The molecule has 0 aromatic heterocycles. The van der Waals surface area contributed by atoms with Crippen LogP contribution < -0.4 is 5.32 Å². The first-order valence-electron chi connectivity index (χ1n) is 8.13. The molecular weight excluding hydrogens is 268 g/mol. The molecule has 0 saturated heterocycles. The van der Waals surface area contributed by atoms with Gasteiger partial charge in [0.15, 0.2) is 0 Å². The lowest BCUT2D eigenvalue weighted by molar-refractivity contribution is -0.137. The zero-order valence-corrected chi connectivity index (χ0v) is 13.6. The van der Waals surface area contributed by atoms with Gasteiger partial charge in [-0.25, -0.2) is 4.79 Å². The summed E-state index contributed by atoms with van der Waals surface area (Å²) < 4.78 is 0. The molecule has 1 saturated carbocycles. The third-order valence-corrected chi connectivity index (χ3v) is 4.16. The van der Waals surface area contributed by atoms with Gasteiger partial charge < -0.3 is 15.3 Å². The Morgan fingerprint density at radius 1 is 1.24 bits per heavy atom. The Kier molecular flexibility index (Phi) is 7.54. The SMILES string of the molecule is CC(C)CN(CC(=O)O)C(=O)NCCC1CCC(C)CC1. The monoisotopic (exact) mass is 298 g/mol. The van der Waals surface area contributed by atoms with E-state index in [1.54, 1.807) is 0 Å². The van der Waals surface area contributed by atoms with E-state index in [0.29, 0.717) is 19.0 Å². The molecule has 5 nitrogen and oxygen atoms in total. The van der Waals surface area contributed by atoms with Crippen molar-refractivity contribution < 1.29 is 14.7 Å². The normalized spacial score (nSPS) is 22.1. The Balaban J connectivity index is 2.30. The molecule has 0 aromatic rings. The molecular formula is C16H30N2O3. The number of amides is 2. The largest absolute Gasteiger partial charge is 0.480 e. The number of carboxylic acid groups (broad SMARTS) is 1. The molecule has 0 bridgehead atoms. The second-order valence-electron chi connectivity index (χ2n) is 6.81. The maximum atomic E-state index is 12.1. The number of urea groups is 1. The van der Waals surface area contributed by atoms with Crippen molar-refractivity contribution in [3.05, 3.63) is 0 Å². The highest BCUT2D eigenvalue weighted by Gasteiger charge is 2.20. The maximum absolute atomic E-state index is 12.1. The van der Waals surface area contributed by atoms with Gasteiger partial charge in [-0.3, -0.25) is 4.79 Å². The van der Waals surface area contributed by atoms with Gasteiger partial charge in [-0.2, -0.15) is 0 Å². The molecule has 0 aliphatic heterocycles. The number of hydrogen-bond donors (Lipinski definition) is 2. The molecule has 1 fully saturated rings. The molecule has 0 spiro atoms. The van der Waals surface area contributed by atoms with E-state index >= 15 is 0 Å². The highest BCUT2D eigenvalue weighted by Crippen LogP contribution is 2.29. The number of aliphatic carboxylic acids is 1. The zero-order chi connectivity index (χ0) is 15.8. The van der Waals surface area contributed by atoms with E-state index in [4.69, 9.17) is 5.11 Å². The average molecular weight is 298 g/mol. The number of carbonyl (C=O) groups excluding carboxylic acids is 1. The highest BCUT2D eigenvalue weighted by atomic mass is 16.4. The Morgan fingerprint density at radius 3 is 2.38 bits per heavy atom. The molecule has 122 valence electrons. The summed E-state index contributed by atoms with van der Waals surface area (Å²) in [6, 6.07) is -0.254. The van der Waals surface area contributed by atoms with Gasteiger partial charge >= 0.3 is 12.0 Å². The number of hydrogen-bond acceptors (Lipinski definition) is 2. The van der Waals surface area contributed by atoms with Crippen molar-refractivity contribution in [1.82, 2.24) is 10.2 Å². The van der Waals surface area contributed by atoms with Crippen molar-refractivity contribution >= 4 is 12.0 Å². The molecule has 1 aliphatic rings. The van der Waals surface area contributed by atoms with Crippen LogP contribution in [0.25, 0.3) is 0 Å². The third-order valence-electron chi connectivity index (χ3n) is 4.16. The molecule has 0 atom stereocenters. The maximum Gasteiger partial charge on any atom is 0.323 e. The minimum atomic E-state index is -0.966. The molecule has 0 radical (unpaired) electrons. The van der Waals surface area contributed by atoms with E-state index in [1.807, 2.05) is 13.8 Å². The van der Waals surface area contributed by atoms with Crippen molar-refractivity contribution in [2.45, 2.75) is 52.9 Å². The third kappa shape index (κ3) is 7.34.